The summed E-state index contributed by atoms with van der Waals surface area (Å²) in [4.78, 5) is 24.8. The number of hydrogen-bond donors (Lipinski definition) is 1. The summed E-state index contributed by atoms with van der Waals surface area (Å²) >= 11 is 7.01. The molecule has 90 valence electrons. The number of carbonyl (C=O) groups is 2. The average molecular weight is 271 g/mol. The number of amides is 2. The van der Waals surface area contributed by atoms with E-state index in [9.17, 15) is 9.59 Å². The van der Waals surface area contributed by atoms with E-state index in [1.807, 2.05) is 0 Å². The van der Waals surface area contributed by atoms with Gasteiger partial charge in [-0.2, -0.15) is 0 Å². The highest BCUT2D eigenvalue weighted by atomic mass is 35.5. The maximum Gasteiger partial charge on any atom is 0.289 e. The molecule has 17 heavy (non-hydrogen) atoms. The van der Waals surface area contributed by atoms with Crippen molar-refractivity contribution in [1.82, 2.24) is 4.90 Å². The number of thioether (sulfide) groups is 1. The van der Waals surface area contributed by atoms with Crippen LogP contribution in [0.2, 0.25) is 5.02 Å². The molecule has 4 nitrogen and oxygen atoms in total. The monoisotopic (exact) mass is 270 g/mol. The van der Waals surface area contributed by atoms with E-state index in [4.69, 9.17) is 17.3 Å². The van der Waals surface area contributed by atoms with Crippen molar-refractivity contribution in [2.75, 3.05) is 13.1 Å². The molecule has 0 spiro atoms. The Hall–Kier alpha value is -1.04. The van der Waals surface area contributed by atoms with Gasteiger partial charge in [-0.1, -0.05) is 29.8 Å². The van der Waals surface area contributed by atoms with Gasteiger partial charge in [-0.3, -0.25) is 14.5 Å². The van der Waals surface area contributed by atoms with Gasteiger partial charge in [0.2, 0.25) is 5.91 Å². The number of rotatable bonds is 3. The smallest absolute Gasteiger partial charge is 0.289 e. The van der Waals surface area contributed by atoms with Gasteiger partial charge >= 0.3 is 0 Å². The third-order valence-corrected chi connectivity index (χ3v) is 3.93. The van der Waals surface area contributed by atoms with Gasteiger partial charge in [-0.25, -0.2) is 0 Å². The number of hydrogen-bond acceptors (Lipinski definition) is 4. The summed E-state index contributed by atoms with van der Waals surface area (Å²) in [7, 11) is 0. The molecular weight excluding hydrogens is 260 g/mol. The summed E-state index contributed by atoms with van der Waals surface area (Å²) in [5.41, 5.74) is 6.04. The maximum absolute atomic E-state index is 12.0. The summed E-state index contributed by atoms with van der Waals surface area (Å²) in [5.74, 6) is -0.237. The van der Waals surface area contributed by atoms with Crippen LogP contribution in [0.3, 0.4) is 0 Å². The van der Waals surface area contributed by atoms with Crippen molar-refractivity contribution in [2.45, 2.75) is 5.25 Å². The minimum atomic E-state index is -0.539. The van der Waals surface area contributed by atoms with Gasteiger partial charge in [0, 0.05) is 18.1 Å². The van der Waals surface area contributed by atoms with Gasteiger partial charge in [0.05, 0.1) is 0 Å². The van der Waals surface area contributed by atoms with Crippen LogP contribution in [-0.2, 0) is 4.79 Å². The molecular formula is C11H11ClN2O2S. The lowest BCUT2D eigenvalue weighted by Gasteiger charge is -2.12. The van der Waals surface area contributed by atoms with Crippen LogP contribution in [0.4, 0.5) is 4.79 Å². The molecule has 1 aliphatic heterocycles. The van der Waals surface area contributed by atoms with Gasteiger partial charge < -0.3 is 5.73 Å². The number of benzene rings is 1. The summed E-state index contributed by atoms with van der Waals surface area (Å²) in [6.07, 6.45) is 0. The Bertz CT molecular complexity index is 467. The molecule has 1 aliphatic rings. The van der Waals surface area contributed by atoms with E-state index in [1.54, 1.807) is 24.3 Å². The normalized spacial score (nSPS) is 20.1. The van der Waals surface area contributed by atoms with Gasteiger partial charge in [-0.05, 0) is 23.4 Å². The minimum Gasteiger partial charge on any atom is -0.329 e. The van der Waals surface area contributed by atoms with Crippen LogP contribution in [0.15, 0.2) is 24.3 Å². The highest BCUT2D eigenvalue weighted by Crippen LogP contribution is 2.41. The lowest BCUT2D eigenvalue weighted by Crippen LogP contribution is -2.34. The minimum absolute atomic E-state index is 0.237. The second-order valence-corrected chi connectivity index (χ2v) is 5.03. The van der Waals surface area contributed by atoms with Crippen LogP contribution >= 0.6 is 23.4 Å². The van der Waals surface area contributed by atoms with E-state index in [2.05, 4.69) is 0 Å². The maximum atomic E-state index is 12.0. The molecule has 1 atom stereocenters. The number of carbonyl (C=O) groups excluding carboxylic acids is 2. The first-order chi connectivity index (χ1) is 8.15. The van der Waals surface area contributed by atoms with Gasteiger partial charge in [0.1, 0.15) is 5.25 Å². The fraction of sp³-hybridized carbons (Fsp3) is 0.273. The Balaban J connectivity index is 2.28. The molecule has 0 aliphatic carbocycles. The number of nitrogens with two attached hydrogens (primary N) is 1. The average Bonchev–Trinajstić information content (AvgIpc) is 2.58. The van der Waals surface area contributed by atoms with Crippen molar-refractivity contribution in [1.29, 1.82) is 0 Å². The molecule has 0 unspecified atom stereocenters. The largest absolute Gasteiger partial charge is 0.329 e. The second kappa shape index (κ2) is 5.08. The van der Waals surface area contributed by atoms with Crippen LogP contribution in [0, 0.1) is 0 Å². The molecule has 6 heteroatoms. The fourth-order valence-corrected chi connectivity index (χ4v) is 3.04. The third kappa shape index (κ3) is 2.31. The zero-order valence-corrected chi connectivity index (χ0v) is 10.5. The van der Waals surface area contributed by atoms with Gasteiger partial charge in [0.15, 0.2) is 0 Å². The van der Waals surface area contributed by atoms with Gasteiger partial charge in [-0.15, -0.1) is 0 Å². The first-order valence-electron chi connectivity index (χ1n) is 5.11. The van der Waals surface area contributed by atoms with Crippen LogP contribution < -0.4 is 5.73 Å². The first-order valence-corrected chi connectivity index (χ1v) is 6.37. The molecule has 1 aromatic carbocycles. The van der Waals surface area contributed by atoms with E-state index < -0.39 is 5.25 Å². The molecule has 0 bridgehead atoms. The zero-order chi connectivity index (χ0) is 12.4. The summed E-state index contributed by atoms with van der Waals surface area (Å²) in [5, 5.41) is -0.297. The predicted molar refractivity (Wildman–Crippen MR) is 67.9 cm³/mol. The van der Waals surface area contributed by atoms with E-state index in [0.717, 1.165) is 11.8 Å². The van der Waals surface area contributed by atoms with Crippen molar-refractivity contribution in [3.8, 4) is 0 Å². The lowest BCUT2D eigenvalue weighted by atomic mass is 10.1. The van der Waals surface area contributed by atoms with E-state index in [-0.39, 0.29) is 24.2 Å². The SMILES string of the molecule is NCCN1C(=O)S[C@@H](c2ccccc2Cl)C1=O. The Morgan fingerprint density at radius 1 is 1.35 bits per heavy atom. The van der Waals surface area contributed by atoms with Crippen LogP contribution in [0.5, 0.6) is 0 Å². The number of halogens is 1. The molecule has 2 amide bonds. The van der Waals surface area contributed by atoms with E-state index in [1.165, 1.54) is 4.90 Å². The zero-order valence-electron chi connectivity index (χ0n) is 8.93. The summed E-state index contributed by atoms with van der Waals surface area (Å²) in [6, 6.07) is 7.05. The van der Waals surface area contributed by atoms with Gasteiger partial charge in [0.25, 0.3) is 5.24 Å². The van der Waals surface area contributed by atoms with Crippen molar-refractivity contribution >= 4 is 34.5 Å². The molecule has 1 saturated heterocycles. The Morgan fingerprint density at radius 2 is 2.06 bits per heavy atom. The summed E-state index contributed by atoms with van der Waals surface area (Å²) < 4.78 is 0. The van der Waals surface area contributed by atoms with Crippen molar-refractivity contribution in [3.63, 3.8) is 0 Å². The Kier molecular flexibility index (Phi) is 3.71. The first kappa shape index (κ1) is 12.4. The summed E-state index contributed by atoms with van der Waals surface area (Å²) in [6.45, 7) is 0.527. The molecule has 0 aromatic heterocycles. The Labute approximate surface area is 108 Å². The van der Waals surface area contributed by atoms with E-state index in [0.29, 0.717) is 10.6 Å². The molecule has 2 rings (SSSR count). The topological polar surface area (TPSA) is 63.4 Å². The fourth-order valence-electron chi connectivity index (χ4n) is 1.66. The van der Waals surface area contributed by atoms with Crippen LogP contribution in [0.25, 0.3) is 0 Å². The Morgan fingerprint density at radius 3 is 2.71 bits per heavy atom. The predicted octanol–water partition coefficient (Wildman–Crippen LogP) is 2.04. The molecule has 2 N–H and O–H groups in total. The molecule has 1 heterocycles. The van der Waals surface area contributed by atoms with Crippen LogP contribution in [-0.4, -0.2) is 29.1 Å². The van der Waals surface area contributed by atoms with Crippen molar-refractivity contribution in [2.24, 2.45) is 5.73 Å². The highest BCUT2D eigenvalue weighted by molar-refractivity contribution is 8.15. The number of nitrogens with zero attached hydrogens (tertiary/aromatic N) is 1. The second-order valence-electron chi connectivity index (χ2n) is 3.56. The van der Waals surface area contributed by atoms with Crippen molar-refractivity contribution in [3.05, 3.63) is 34.9 Å². The highest BCUT2D eigenvalue weighted by Gasteiger charge is 2.40. The quantitative estimate of drug-likeness (QED) is 0.913. The number of imide groups is 1. The van der Waals surface area contributed by atoms with E-state index >= 15 is 0 Å². The van der Waals surface area contributed by atoms with Crippen LogP contribution in [0.1, 0.15) is 10.8 Å². The molecule has 0 saturated carbocycles. The molecule has 1 fully saturated rings. The standard InChI is InChI=1S/C11H11ClN2O2S/c12-8-4-2-1-3-7(8)9-10(15)14(6-5-13)11(16)17-9/h1-4,9H,5-6,13H2/t9-/m0/s1. The van der Waals surface area contributed by atoms with Crippen molar-refractivity contribution < 1.29 is 9.59 Å². The lowest BCUT2D eigenvalue weighted by molar-refractivity contribution is -0.126. The molecule has 0 radical (unpaired) electrons. The molecule has 1 aromatic rings. The third-order valence-electron chi connectivity index (χ3n) is 2.47.